The molecule has 1 fully saturated rings. The zero-order chi connectivity index (χ0) is 22.9. The van der Waals surface area contributed by atoms with Crippen molar-refractivity contribution in [3.05, 3.63) is 66.4 Å². The molecular weight excluding hydrogens is 417 g/mol. The molecule has 1 saturated heterocycles. The summed E-state index contributed by atoms with van der Waals surface area (Å²) in [6.45, 7) is 6.70. The van der Waals surface area contributed by atoms with Crippen LogP contribution >= 0.6 is 0 Å². The highest BCUT2D eigenvalue weighted by atomic mass is 19.1. The van der Waals surface area contributed by atoms with Crippen molar-refractivity contribution in [2.45, 2.75) is 26.7 Å². The molecule has 3 heterocycles. The molecule has 0 spiro atoms. The second-order valence-electron chi connectivity index (χ2n) is 8.76. The molecule has 0 amide bonds. The van der Waals surface area contributed by atoms with E-state index < -0.39 is 5.82 Å². The molecule has 0 bridgehead atoms. The van der Waals surface area contributed by atoms with Gasteiger partial charge in [0.05, 0.1) is 19.0 Å². The molecule has 33 heavy (non-hydrogen) atoms. The quantitative estimate of drug-likeness (QED) is 0.419. The second kappa shape index (κ2) is 8.73. The first-order valence-corrected chi connectivity index (χ1v) is 11.3. The molecule has 1 aliphatic rings. The normalized spacial score (nSPS) is 14.6. The van der Waals surface area contributed by atoms with Crippen LogP contribution in [0, 0.1) is 18.7 Å². The number of aromatic nitrogens is 3. The van der Waals surface area contributed by atoms with Gasteiger partial charge in [-0.15, -0.1) is 0 Å². The zero-order valence-electron chi connectivity index (χ0n) is 19.2. The predicted octanol–water partition coefficient (Wildman–Crippen LogP) is 5.83. The molecular formula is C26H28FN5O. The minimum Gasteiger partial charge on any atom is -0.494 e. The summed E-state index contributed by atoms with van der Waals surface area (Å²) in [7, 11) is 1.46. The summed E-state index contributed by atoms with van der Waals surface area (Å²) in [6, 6.07) is 11.3. The van der Waals surface area contributed by atoms with Gasteiger partial charge in [0.15, 0.2) is 23.0 Å². The lowest BCUT2D eigenvalue weighted by molar-refractivity contribution is 0.386. The Hall–Kier alpha value is -3.61. The fourth-order valence-electron chi connectivity index (χ4n) is 4.52. The summed E-state index contributed by atoms with van der Waals surface area (Å²) in [5.41, 5.74) is 5.66. The number of nitrogens with one attached hydrogen (secondary N) is 1. The van der Waals surface area contributed by atoms with Gasteiger partial charge in [-0.05, 0) is 67.6 Å². The Labute approximate surface area is 193 Å². The summed E-state index contributed by atoms with van der Waals surface area (Å²) in [5.74, 6) is 1.27. The van der Waals surface area contributed by atoms with E-state index in [0.717, 1.165) is 30.4 Å². The summed E-state index contributed by atoms with van der Waals surface area (Å²) in [6.07, 6.45) is 7.76. The van der Waals surface area contributed by atoms with Crippen LogP contribution in [0.1, 0.15) is 25.3 Å². The van der Waals surface area contributed by atoms with E-state index in [-0.39, 0.29) is 5.75 Å². The average Bonchev–Trinajstić information content (AvgIpc) is 3.25. The number of halogens is 1. The molecule has 0 unspecified atom stereocenters. The molecule has 7 heteroatoms. The highest BCUT2D eigenvalue weighted by molar-refractivity contribution is 5.75. The summed E-state index contributed by atoms with van der Waals surface area (Å²) in [4.78, 5) is 11.5. The Bertz CT molecular complexity index is 1290. The summed E-state index contributed by atoms with van der Waals surface area (Å²) >= 11 is 0. The third-order valence-corrected chi connectivity index (χ3v) is 6.46. The van der Waals surface area contributed by atoms with Crippen molar-refractivity contribution in [2.24, 2.45) is 5.92 Å². The first kappa shape index (κ1) is 21.2. The number of anilines is 3. The van der Waals surface area contributed by atoms with Gasteiger partial charge in [-0.3, -0.25) is 4.40 Å². The highest BCUT2D eigenvalue weighted by Gasteiger charge is 2.18. The number of hydrogen-bond donors (Lipinski definition) is 1. The van der Waals surface area contributed by atoms with Gasteiger partial charge in [0.2, 0.25) is 0 Å². The van der Waals surface area contributed by atoms with Gasteiger partial charge in [-0.1, -0.05) is 6.92 Å². The molecule has 5 rings (SSSR count). The number of aryl methyl sites for hydroxylation is 1. The van der Waals surface area contributed by atoms with E-state index in [2.05, 4.69) is 52.2 Å². The van der Waals surface area contributed by atoms with Crippen LogP contribution in [0.3, 0.4) is 0 Å². The fourth-order valence-corrected chi connectivity index (χ4v) is 4.52. The lowest BCUT2D eigenvalue weighted by Gasteiger charge is -2.33. The summed E-state index contributed by atoms with van der Waals surface area (Å²) < 4.78 is 21.2. The van der Waals surface area contributed by atoms with Crippen LogP contribution in [0.2, 0.25) is 0 Å². The number of piperidine rings is 1. The Morgan fingerprint density at radius 1 is 1.09 bits per heavy atom. The maximum absolute atomic E-state index is 14.3. The third kappa shape index (κ3) is 4.11. The number of imidazole rings is 1. The molecule has 0 aliphatic carbocycles. The Morgan fingerprint density at radius 2 is 1.91 bits per heavy atom. The van der Waals surface area contributed by atoms with Crippen molar-refractivity contribution in [1.29, 1.82) is 0 Å². The van der Waals surface area contributed by atoms with Crippen LogP contribution in [0.25, 0.3) is 16.9 Å². The lowest BCUT2D eigenvalue weighted by Crippen LogP contribution is -2.33. The third-order valence-electron chi connectivity index (χ3n) is 6.46. The molecule has 6 nitrogen and oxygen atoms in total. The minimum atomic E-state index is -0.406. The molecule has 170 valence electrons. The van der Waals surface area contributed by atoms with Gasteiger partial charge in [-0.2, -0.15) is 0 Å². The largest absolute Gasteiger partial charge is 0.494 e. The Morgan fingerprint density at radius 3 is 2.64 bits per heavy atom. The van der Waals surface area contributed by atoms with Gasteiger partial charge in [0, 0.05) is 42.4 Å². The molecule has 0 radical (unpaired) electrons. The molecule has 2 aromatic carbocycles. The summed E-state index contributed by atoms with van der Waals surface area (Å²) in [5, 5.41) is 3.41. The van der Waals surface area contributed by atoms with E-state index in [0.29, 0.717) is 17.0 Å². The Kier molecular flexibility index (Phi) is 5.62. The zero-order valence-corrected chi connectivity index (χ0v) is 19.2. The van der Waals surface area contributed by atoms with Crippen molar-refractivity contribution in [1.82, 2.24) is 14.4 Å². The van der Waals surface area contributed by atoms with Crippen LogP contribution in [0.4, 0.5) is 21.6 Å². The van der Waals surface area contributed by atoms with Crippen molar-refractivity contribution >= 4 is 22.8 Å². The van der Waals surface area contributed by atoms with Gasteiger partial charge < -0.3 is 15.0 Å². The van der Waals surface area contributed by atoms with E-state index in [4.69, 9.17) is 4.74 Å². The van der Waals surface area contributed by atoms with Gasteiger partial charge in [0.25, 0.3) is 0 Å². The molecule has 2 aromatic heterocycles. The van der Waals surface area contributed by atoms with E-state index in [1.807, 2.05) is 16.7 Å². The first-order valence-electron chi connectivity index (χ1n) is 11.3. The number of benzene rings is 2. The van der Waals surface area contributed by atoms with Crippen LogP contribution in [-0.4, -0.2) is 34.6 Å². The number of ether oxygens (including phenoxy) is 1. The predicted molar refractivity (Wildman–Crippen MR) is 130 cm³/mol. The van der Waals surface area contributed by atoms with Gasteiger partial charge >= 0.3 is 0 Å². The average molecular weight is 446 g/mol. The molecule has 0 atom stereocenters. The van der Waals surface area contributed by atoms with Gasteiger partial charge in [-0.25, -0.2) is 14.4 Å². The van der Waals surface area contributed by atoms with Crippen LogP contribution in [-0.2, 0) is 0 Å². The molecule has 1 N–H and O–H groups in total. The second-order valence-corrected chi connectivity index (χ2v) is 8.76. The molecule has 1 aliphatic heterocycles. The van der Waals surface area contributed by atoms with E-state index in [1.54, 1.807) is 18.5 Å². The van der Waals surface area contributed by atoms with E-state index in [1.165, 1.54) is 37.3 Å². The number of fused-ring (bicyclic) bond motifs is 1. The smallest absolute Gasteiger partial charge is 0.180 e. The number of methoxy groups -OCH3 is 1. The maximum Gasteiger partial charge on any atom is 0.180 e. The molecule has 4 aromatic rings. The Balaban J connectivity index is 1.42. The van der Waals surface area contributed by atoms with Crippen LogP contribution in [0.5, 0.6) is 5.75 Å². The molecule has 0 saturated carbocycles. The fraction of sp³-hybridized carbons (Fsp3) is 0.308. The van der Waals surface area contributed by atoms with Crippen LogP contribution in [0.15, 0.2) is 55.0 Å². The van der Waals surface area contributed by atoms with Crippen molar-refractivity contribution in [3.8, 4) is 17.0 Å². The van der Waals surface area contributed by atoms with E-state index >= 15 is 0 Å². The van der Waals surface area contributed by atoms with E-state index in [9.17, 15) is 4.39 Å². The first-order chi connectivity index (χ1) is 16.0. The van der Waals surface area contributed by atoms with Crippen molar-refractivity contribution in [3.63, 3.8) is 0 Å². The maximum atomic E-state index is 14.3. The lowest BCUT2D eigenvalue weighted by atomic mass is 9.98. The monoisotopic (exact) mass is 445 g/mol. The van der Waals surface area contributed by atoms with Crippen molar-refractivity contribution < 1.29 is 9.13 Å². The standard InChI is InChI=1S/C26H28FN5O/c1-17-8-11-31(12-9-17)22-6-5-20(14-18(22)2)30-25-26-29-16-23(32(26)13-10-28-25)19-4-7-24(33-3)21(27)15-19/h4-7,10,13-17H,8-9,11-12H2,1-3H3,(H,28,30). The van der Waals surface area contributed by atoms with Crippen LogP contribution < -0.4 is 15.0 Å². The number of nitrogens with zero attached hydrogens (tertiary/aromatic N) is 4. The number of rotatable bonds is 5. The number of hydrogen-bond acceptors (Lipinski definition) is 5. The minimum absolute atomic E-state index is 0.217. The topological polar surface area (TPSA) is 54.7 Å². The van der Waals surface area contributed by atoms with Gasteiger partial charge in [0.1, 0.15) is 0 Å². The SMILES string of the molecule is COc1ccc(-c2cnc3c(Nc4ccc(N5CCC(C)CC5)c(C)c4)nccn23)cc1F. The highest BCUT2D eigenvalue weighted by Crippen LogP contribution is 2.31. The van der Waals surface area contributed by atoms with Crippen molar-refractivity contribution in [2.75, 3.05) is 30.4 Å².